The number of amides is 2. The molecular weight excluding hydrogens is 350 g/mol. The second-order valence-electron chi connectivity index (χ2n) is 6.33. The molecule has 2 rings (SSSR count). The zero-order valence-electron chi connectivity index (χ0n) is 16.2. The minimum absolute atomic E-state index is 0.116. The van der Waals surface area contributed by atoms with Crippen molar-refractivity contribution < 1.29 is 23.8 Å². The van der Waals surface area contributed by atoms with Crippen molar-refractivity contribution in [2.24, 2.45) is 0 Å². The molecular formula is C19H29N3O5. The molecule has 2 amide bonds. The topological polar surface area (TPSA) is 89.1 Å². The lowest BCUT2D eigenvalue weighted by Gasteiger charge is -2.35. The van der Waals surface area contributed by atoms with Crippen LogP contribution in [0.2, 0.25) is 0 Å². The van der Waals surface area contributed by atoms with Crippen LogP contribution >= 0.6 is 0 Å². The van der Waals surface area contributed by atoms with Gasteiger partial charge in [0.2, 0.25) is 11.8 Å². The van der Waals surface area contributed by atoms with Crippen LogP contribution in [0.4, 0.5) is 0 Å². The van der Waals surface area contributed by atoms with Crippen molar-refractivity contribution in [2.45, 2.75) is 25.4 Å². The van der Waals surface area contributed by atoms with Gasteiger partial charge in [0.1, 0.15) is 0 Å². The van der Waals surface area contributed by atoms with E-state index in [1.165, 1.54) is 0 Å². The predicted octanol–water partition coefficient (Wildman–Crippen LogP) is 0.547. The Morgan fingerprint density at radius 3 is 2.81 bits per heavy atom. The highest BCUT2D eigenvalue weighted by Gasteiger charge is 2.32. The molecule has 1 atom stereocenters. The van der Waals surface area contributed by atoms with Crippen LogP contribution in [0.1, 0.15) is 18.4 Å². The summed E-state index contributed by atoms with van der Waals surface area (Å²) in [5.41, 5.74) is 0.914. The lowest BCUT2D eigenvalue weighted by molar-refractivity contribution is -0.134. The summed E-state index contributed by atoms with van der Waals surface area (Å²) in [7, 11) is 4.81. The first-order chi connectivity index (χ1) is 13.1. The van der Waals surface area contributed by atoms with E-state index in [9.17, 15) is 9.59 Å². The fraction of sp³-hybridized carbons (Fsp3) is 0.579. The van der Waals surface area contributed by atoms with Gasteiger partial charge in [0.05, 0.1) is 26.7 Å². The standard InChI is InChI=1S/C19H29N3O5/c1-25-11-5-8-20-17(23)12-15-19(24)21-9-10-22(15)13-14-6-4-7-16(26-2)18(14)27-3/h4,6-7,15H,5,8-13H2,1-3H3,(H,20,23)(H,21,24)/t15-/m1/s1. The largest absolute Gasteiger partial charge is 0.493 e. The molecule has 1 heterocycles. The first-order valence-corrected chi connectivity index (χ1v) is 9.08. The van der Waals surface area contributed by atoms with E-state index in [1.807, 2.05) is 23.1 Å². The van der Waals surface area contributed by atoms with Crippen molar-refractivity contribution in [1.82, 2.24) is 15.5 Å². The molecule has 0 aliphatic carbocycles. The van der Waals surface area contributed by atoms with Gasteiger partial charge < -0.3 is 24.8 Å². The van der Waals surface area contributed by atoms with Crippen molar-refractivity contribution >= 4 is 11.8 Å². The number of ether oxygens (including phenoxy) is 3. The van der Waals surface area contributed by atoms with Crippen LogP contribution in [-0.4, -0.2) is 70.3 Å². The number of hydrogen-bond donors (Lipinski definition) is 2. The molecule has 1 saturated heterocycles. The van der Waals surface area contributed by atoms with E-state index in [0.29, 0.717) is 44.3 Å². The second-order valence-corrected chi connectivity index (χ2v) is 6.33. The van der Waals surface area contributed by atoms with Gasteiger partial charge in [-0.1, -0.05) is 12.1 Å². The highest BCUT2D eigenvalue weighted by atomic mass is 16.5. The van der Waals surface area contributed by atoms with E-state index in [-0.39, 0.29) is 18.2 Å². The summed E-state index contributed by atoms with van der Waals surface area (Å²) in [4.78, 5) is 26.6. The maximum Gasteiger partial charge on any atom is 0.237 e. The van der Waals surface area contributed by atoms with Gasteiger partial charge in [-0.25, -0.2) is 0 Å². The van der Waals surface area contributed by atoms with E-state index < -0.39 is 6.04 Å². The highest BCUT2D eigenvalue weighted by Crippen LogP contribution is 2.32. The molecule has 8 heteroatoms. The molecule has 1 aliphatic rings. The number of para-hydroxylation sites is 1. The molecule has 2 N–H and O–H groups in total. The summed E-state index contributed by atoms with van der Waals surface area (Å²) < 4.78 is 15.8. The van der Waals surface area contributed by atoms with Crippen LogP contribution in [0.5, 0.6) is 11.5 Å². The van der Waals surface area contributed by atoms with Crippen molar-refractivity contribution in [2.75, 3.05) is 47.6 Å². The average Bonchev–Trinajstić information content (AvgIpc) is 2.67. The van der Waals surface area contributed by atoms with Gasteiger partial charge in [0.25, 0.3) is 0 Å². The highest BCUT2D eigenvalue weighted by molar-refractivity contribution is 5.88. The Balaban J connectivity index is 2.05. The molecule has 0 spiro atoms. The summed E-state index contributed by atoms with van der Waals surface area (Å²) >= 11 is 0. The zero-order chi connectivity index (χ0) is 19.6. The van der Waals surface area contributed by atoms with Crippen molar-refractivity contribution in [3.8, 4) is 11.5 Å². The lowest BCUT2D eigenvalue weighted by atomic mass is 10.1. The van der Waals surface area contributed by atoms with Crippen LogP contribution in [0, 0.1) is 0 Å². The molecule has 0 aromatic heterocycles. The number of methoxy groups -OCH3 is 3. The average molecular weight is 379 g/mol. The van der Waals surface area contributed by atoms with Crippen LogP contribution in [0.3, 0.4) is 0 Å². The van der Waals surface area contributed by atoms with Crippen LogP contribution < -0.4 is 20.1 Å². The normalized spacial score (nSPS) is 17.3. The van der Waals surface area contributed by atoms with E-state index in [4.69, 9.17) is 14.2 Å². The third-order valence-electron chi connectivity index (χ3n) is 4.53. The molecule has 0 bridgehead atoms. The van der Waals surface area contributed by atoms with Crippen molar-refractivity contribution in [1.29, 1.82) is 0 Å². The van der Waals surface area contributed by atoms with Crippen LogP contribution in [0.25, 0.3) is 0 Å². The molecule has 0 unspecified atom stereocenters. The third-order valence-corrected chi connectivity index (χ3v) is 4.53. The lowest BCUT2D eigenvalue weighted by Crippen LogP contribution is -2.56. The maximum absolute atomic E-state index is 12.4. The summed E-state index contributed by atoms with van der Waals surface area (Å²) in [6.45, 7) is 2.83. The van der Waals surface area contributed by atoms with Crippen LogP contribution in [-0.2, 0) is 20.9 Å². The smallest absolute Gasteiger partial charge is 0.237 e. The molecule has 1 aromatic carbocycles. The number of nitrogens with zero attached hydrogens (tertiary/aromatic N) is 1. The van der Waals surface area contributed by atoms with Gasteiger partial charge in [-0.2, -0.15) is 0 Å². The Kier molecular flexibility index (Phi) is 8.35. The summed E-state index contributed by atoms with van der Waals surface area (Å²) in [5.74, 6) is 1.02. The fourth-order valence-corrected chi connectivity index (χ4v) is 3.16. The van der Waals surface area contributed by atoms with E-state index >= 15 is 0 Å². The molecule has 8 nitrogen and oxygen atoms in total. The Hall–Kier alpha value is -2.32. The zero-order valence-corrected chi connectivity index (χ0v) is 16.2. The summed E-state index contributed by atoms with van der Waals surface area (Å²) in [5, 5.41) is 5.68. The molecule has 0 radical (unpaired) electrons. The van der Waals surface area contributed by atoms with E-state index in [2.05, 4.69) is 10.6 Å². The molecule has 27 heavy (non-hydrogen) atoms. The Bertz CT molecular complexity index is 638. The van der Waals surface area contributed by atoms with Gasteiger partial charge in [-0.15, -0.1) is 0 Å². The quantitative estimate of drug-likeness (QED) is 0.577. The number of carbonyl (C=O) groups is 2. The Morgan fingerprint density at radius 2 is 2.11 bits per heavy atom. The van der Waals surface area contributed by atoms with Gasteiger partial charge in [-0.05, 0) is 12.5 Å². The van der Waals surface area contributed by atoms with Crippen LogP contribution in [0.15, 0.2) is 18.2 Å². The first kappa shape index (κ1) is 21.0. The van der Waals surface area contributed by atoms with Gasteiger partial charge in [0, 0.05) is 45.5 Å². The number of nitrogens with one attached hydrogen (secondary N) is 2. The number of benzene rings is 1. The number of carbonyl (C=O) groups excluding carboxylic acids is 2. The molecule has 0 saturated carbocycles. The SMILES string of the molecule is COCCCNC(=O)C[C@@H]1C(=O)NCCN1Cc1cccc(OC)c1OC. The van der Waals surface area contributed by atoms with Gasteiger partial charge >= 0.3 is 0 Å². The maximum atomic E-state index is 12.4. The fourth-order valence-electron chi connectivity index (χ4n) is 3.16. The van der Waals surface area contributed by atoms with Crippen molar-refractivity contribution in [3.63, 3.8) is 0 Å². The molecule has 1 aromatic rings. The van der Waals surface area contributed by atoms with Gasteiger partial charge in [0.15, 0.2) is 11.5 Å². The number of hydrogen-bond acceptors (Lipinski definition) is 6. The Morgan fingerprint density at radius 1 is 1.30 bits per heavy atom. The summed E-state index contributed by atoms with van der Waals surface area (Å²) in [6.07, 6.45) is 0.856. The van der Waals surface area contributed by atoms with E-state index in [0.717, 1.165) is 12.0 Å². The summed E-state index contributed by atoms with van der Waals surface area (Å²) in [6, 6.07) is 5.14. The second kappa shape index (κ2) is 10.7. The van der Waals surface area contributed by atoms with Crippen molar-refractivity contribution in [3.05, 3.63) is 23.8 Å². The minimum Gasteiger partial charge on any atom is -0.493 e. The molecule has 150 valence electrons. The van der Waals surface area contributed by atoms with Gasteiger partial charge in [-0.3, -0.25) is 14.5 Å². The number of rotatable bonds is 10. The third kappa shape index (κ3) is 5.83. The number of piperazine rings is 1. The predicted molar refractivity (Wildman–Crippen MR) is 101 cm³/mol. The van der Waals surface area contributed by atoms with E-state index in [1.54, 1.807) is 21.3 Å². The minimum atomic E-state index is -0.517. The Labute approximate surface area is 160 Å². The monoisotopic (exact) mass is 379 g/mol. The molecule has 1 aliphatic heterocycles. The first-order valence-electron chi connectivity index (χ1n) is 9.08. The molecule has 1 fully saturated rings.